The van der Waals surface area contributed by atoms with Crippen LogP contribution in [-0.4, -0.2) is 12.5 Å². The van der Waals surface area contributed by atoms with Crippen molar-refractivity contribution in [1.82, 2.24) is 5.32 Å². The zero-order valence-electron chi connectivity index (χ0n) is 11.3. The molecular weight excluding hydrogens is 465 g/mol. The molecule has 0 unspecified atom stereocenters. The van der Waals surface area contributed by atoms with Gasteiger partial charge in [0.2, 0.25) is 0 Å². The zero-order chi connectivity index (χ0) is 17.2. The van der Waals surface area contributed by atoms with Crippen LogP contribution in [-0.2, 0) is 5.92 Å². The third kappa shape index (κ3) is 4.51. The summed E-state index contributed by atoms with van der Waals surface area (Å²) in [5.41, 5.74) is -0.457. The minimum absolute atomic E-state index is 0.0106. The van der Waals surface area contributed by atoms with Crippen molar-refractivity contribution < 1.29 is 18.0 Å². The van der Waals surface area contributed by atoms with E-state index in [2.05, 4.69) is 5.32 Å². The van der Waals surface area contributed by atoms with Crippen LogP contribution in [0.4, 0.5) is 13.2 Å². The van der Waals surface area contributed by atoms with Gasteiger partial charge in [-0.25, -0.2) is 4.39 Å². The van der Waals surface area contributed by atoms with Gasteiger partial charge < -0.3 is 5.32 Å². The second kappa shape index (κ2) is 7.27. The van der Waals surface area contributed by atoms with Crippen LogP contribution >= 0.6 is 45.8 Å². The Morgan fingerprint density at radius 3 is 2.52 bits per heavy atom. The average Bonchev–Trinajstić information content (AvgIpc) is 2.47. The highest BCUT2D eigenvalue weighted by molar-refractivity contribution is 14.1. The van der Waals surface area contributed by atoms with E-state index >= 15 is 0 Å². The maximum Gasteiger partial charge on any atom is 0.291 e. The zero-order valence-corrected chi connectivity index (χ0v) is 15.0. The fraction of sp³-hybridized carbons (Fsp3) is 0.133. The quantitative estimate of drug-likeness (QED) is 0.603. The summed E-state index contributed by atoms with van der Waals surface area (Å²) in [5, 5.41) is 2.13. The van der Waals surface area contributed by atoms with Crippen LogP contribution in [0.15, 0.2) is 36.4 Å². The summed E-state index contributed by atoms with van der Waals surface area (Å²) in [6, 6.07) is 7.14. The third-order valence-electron chi connectivity index (χ3n) is 2.97. The molecule has 0 aliphatic rings. The number of nitrogens with one attached hydrogen (secondary N) is 1. The van der Waals surface area contributed by atoms with E-state index in [9.17, 15) is 18.0 Å². The Labute approximate surface area is 154 Å². The fourth-order valence-electron chi connectivity index (χ4n) is 1.84. The van der Waals surface area contributed by atoms with Crippen LogP contribution in [0, 0.1) is 9.39 Å². The summed E-state index contributed by atoms with van der Waals surface area (Å²) >= 11 is 13.3. The monoisotopic (exact) mass is 473 g/mol. The van der Waals surface area contributed by atoms with Crippen molar-refractivity contribution in [2.45, 2.75) is 5.92 Å². The molecule has 23 heavy (non-hydrogen) atoms. The Morgan fingerprint density at radius 2 is 1.87 bits per heavy atom. The highest BCUT2D eigenvalue weighted by atomic mass is 127. The van der Waals surface area contributed by atoms with E-state index < -0.39 is 29.8 Å². The average molecular weight is 474 g/mol. The van der Waals surface area contributed by atoms with E-state index in [1.807, 2.05) is 22.6 Å². The first-order chi connectivity index (χ1) is 10.7. The lowest BCUT2D eigenvalue weighted by Crippen LogP contribution is -2.35. The van der Waals surface area contributed by atoms with Crippen LogP contribution in [0.25, 0.3) is 0 Å². The first kappa shape index (κ1) is 18.4. The molecule has 0 bridgehead atoms. The molecule has 122 valence electrons. The van der Waals surface area contributed by atoms with E-state index in [0.717, 1.165) is 12.1 Å². The molecule has 0 saturated heterocycles. The molecule has 2 nitrogen and oxygen atoms in total. The molecule has 0 aromatic heterocycles. The normalized spacial score (nSPS) is 11.4. The van der Waals surface area contributed by atoms with Crippen molar-refractivity contribution in [3.8, 4) is 0 Å². The Hall–Kier alpha value is -0.990. The number of amides is 1. The van der Waals surface area contributed by atoms with Crippen molar-refractivity contribution in [1.29, 1.82) is 0 Å². The van der Waals surface area contributed by atoms with Gasteiger partial charge in [-0.2, -0.15) is 8.78 Å². The molecule has 0 spiro atoms. The van der Waals surface area contributed by atoms with Crippen molar-refractivity contribution in [3.05, 3.63) is 67.0 Å². The number of hydrogen-bond donors (Lipinski definition) is 1. The summed E-state index contributed by atoms with van der Waals surface area (Å²) in [6.45, 7) is -0.972. The molecule has 0 radical (unpaired) electrons. The van der Waals surface area contributed by atoms with Gasteiger partial charge in [0.05, 0.1) is 17.1 Å². The first-order valence-corrected chi connectivity index (χ1v) is 8.11. The summed E-state index contributed by atoms with van der Waals surface area (Å²) in [6.07, 6.45) is 0. The number of halogens is 6. The van der Waals surface area contributed by atoms with E-state index in [1.54, 1.807) is 0 Å². The number of carbonyl (C=O) groups excluding carboxylic acids is 1. The van der Waals surface area contributed by atoms with Crippen LogP contribution in [0.3, 0.4) is 0 Å². The third-order valence-corrected chi connectivity index (χ3v) is 4.46. The van der Waals surface area contributed by atoms with Gasteiger partial charge >= 0.3 is 0 Å². The topological polar surface area (TPSA) is 29.1 Å². The number of rotatable bonds is 4. The van der Waals surface area contributed by atoms with Gasteiger partial charge in [0.25, 0.3) is 11.8 Å². The predicted molar refractivity (Wildman–Crippen MR) is 91.8 cm³/mol. The van der Waals surface area contributed by atoms with Crippen molar-refractivity contribution in [3.63, 3.8) is 0 Å². The highest BCUT2D eigenvalue weighted by Gasteiger charge is 2.34. The van der Waals surface area contributed by atoms with Crippen molar-refractivity contribution >= 4 is 51.7 Å². The second-order valence-electron chi connectivity index (χ2n) is 4.64. The molecule has 0 atom stereocenters. The summed E-state index contributed by atoms with van der Waals surface area (Å²) in [5.74, 6) is -4.81. The molecule has 0 fully saturated rings. The minimum Gasteiger partial charge on any atom is -0.346 e. The molecule has 2 rings (SSSR count). The second-order valence-corrected chi connectivity index (χ2v) is 6.64. The van der Waals surface area contributed by atoms with Gasteiger partial charge in [0.15, 0.2) is 0 Å². The minimum atomic E-state index is -3.39. The fourth-order valence-corrected chi connectivity index (χ4v) is 2.97. The Bertz CT molecular complexity index is 755. The largest absolute Gasteiger partial charge is 0.346 e. The molecule has 2 aromatic rings. The van der Waals surface area contributed by atoms with E-state index in [0.29, 0.717) is 3.57 Å². The van der Waals surface area contributed by atoms with E-state index in [1.165, 1.54) is 24.3 Å². The summed E-state index contributed by atoms with van der Waals surface area (Å²) < 4.78 is 42.0. The standard InChI is InChI=1S/C15H9Cl2F3INO/c16-8-1-3-11(12(17)5-8)15(19,20)7-22-14(23)10-6-9(18)2-4-13(10)21/h1-6H,7H2,(H,22,23). The molecule has 1 amide bonds. The van der Waals surface area contributed by atoms with Crippen molar-refractivity contribution in [2.24, 2.45) is 0 Å². The molecule has 1 N–H and O–H groups in total. The number of hydrogen-bond acceptors (Lipinski definition) is 1. The first-order valence-electron chi connectivity index (χ1n) is 6.27. The lowest BCUT2D eigenvalue weighted by Gasteiger charge is -2.19. The van der Waals surface area contributed by atoms with Crippen LogP contribution < -0.4 is 5.32 Å². The Kier molecular flexibility index (Phi) is 5.80. The molecule has 8 heteroatoms. The maximum atomic E-state index is 14.2. The molecular formula is C15H9Cl2F3INO. The van der Waals surface area contributed by atoms with Gasteiger partial charge in [0, 0.05) is 14.2 Å². The van der Waals surface area contributed by atoms with Gasteiger partial charge in [-0.05, 0) is 59.0 Å². The van der Waals surface area contributed by atoms with Gasteiger partial charge in [-0.1, -0.05) is 23.2 Å². The van der Waals surface area contributed by atoms with Crippen LogP contribution in [0.5, 0.6) is 0 Å². The Balaban J connectivity index is 2.15. The molecule has 0 aliphatic carbocycles. The van der Waals surface area contributed by atoms with Crippen LogP contribution in [0.1, 0.15) is 15.9 Å². The predicted octanol–water partition coefficient (Wildman–Crippen LogP) is 5.26. The van der Waals surface area contributed by atoms with E-state index in [-0.39, 0.29) is 15.6 Å². The van der Waals surface area contributed by atoms with Gasteiger partial charge in [-0.3, -0.25) is 4.79 Å². The van der Waals surface area contributed by atoms with E-state index in [4.69, 9.17) is 23.2 Å². The summed E-state index contributed by atoms with van der Waals surface area (Å²) in [7, 11) is 0. The maximum absolute atomic E-state index is 14.2. The van der Waals surface area contributed by atoms with Gasteiger partial charge in [-0.15, -0.1) is 0 Å². The van der Waals surface area contributed by atoms with Gasteiger partial charge in [0.1, 0.15) is 5.82 Å². The number of benzene rings is 2. The molecule has 0 saturated carbocycles. The van der Waals surface area contributed by atoms with Crippen molar-refractivity contribution in [2.75, 3.05) is 6.54 Å². The summed E-state index contributed by atoms with van der Waals surface area (Å²) in [4.78, 5) is 12.0. The number of alkyl halides is 2. The lowest BCUT2D eigenvalue weighted by molar-refractivity contribution is -0.00237. The van der Waals surface area contributed by atoms with Crippen LogP contribution in [0.2, 0.25) is 10.0 Å². The molecule has 2 aromatic carbocycles. The molecule has 0 heterocycles. The lowest BCUT2D eigenvalue weighted by atomic mass is 10.1. The molecule has 0 aliphatic heterocycles. The Morgan fingerprint density at radius 1 is 1.17 bits per heavy atom. The smallest absolute Gasteiger partial charge is 0.291 e. The number of carbonyl (C=O) groups is 1. The SMILES string of the molecule is O=C(NCC(F)(F)c1ccc(Cl)cc1Cl)c1cc(F)ccc1I. The highest BCUT2D eigenvalue weighted by Crippen LogP contribution is 2.34.